The zero-order valence-corrected chi connectivity index (χ0v) is 19.6. The van der Waals surface area contributed by atoms with E-state index in [1.807, 2.05) is 59.5 Å². The first kappa shape index (κ1) is 22.5. The Morgan fingerprint density at radius 1 is 1.09 bits per heavy atom. The number of anilines is 1. The fourth-order valence-electron chi connectivity index (χ4n) is 4.80. The lowest BCUT2D eigenvalue weighted by Gasteiger charge is -2.27. The number of benzene rings is 2. The summed E-state index contributed by atoms with van der Waals surface area (Å²) in [4.78, 5) is 17.8. The van der Waals surface area contributed by atoms with Gasteiger partial charge in [-0.25, -0.2) is 0 Å². The number of hydrogen-bond donors (Lipinski definition) is 0. The van der Waals surface area contributed by atoms with Gasteiger partial charge < -0.3 is 23.8 Å². The Bertz CT molecular complexity index is 1080. The van der Waals surface area contributed by atoms with Crippen molar-refractivity contribution in [3.8, 4) is 17.0 Å². The molecule has 0 unspecified atom stereocenters. The van der Waals surface area contributed by atoms with Crippen LogP contribution in [0, 0.1) is 0 Å². The van der Waals surface area contributed by atoms with E-state index in [1.165, 1.54) is 0 Å². The van der Waals surface area contributed by atoms with Crippen LogP contribution in [0.1, 0.15) is 41.6 Å². The molecule has 1 atom stereocenters. The number of methoxy groups -OCH3 is 1. The highest BCUT2D eigenvalue weighted by Gasteiger charge is 2.30. The minimum Gasteiger partial charge on any atom is -0.497 e. The zero-order valence-electron chi connectivity index (χ0n) is 19.6. The predicted octanol–water partition coefficient (Wildman–Crippen LogP) is 4.77. The van der Waals surface area contributed by atoms with E-state index < -0.39 is 0 Å². The molecule has 2 aliphatic heterocycles. The molecule has 0 aliphatic carbocycles. The minimum atomic E-state index is -0.0364. The van der Waals surface area contributed by atoms with Crippen molar-refractivity contribution in [2.45, 2.75) is 38.3 Å². The number of carbonyl (C=O) groups excluding carboxylic acids is 1. The first-order chi connectivity index (χ1) is 16.7. The van der Waals surface area contributed by atoms with Gasteiger partial charge in [0.1, 0.15) is 11.4 Å². The maximum atomic E-state index is 13.7. The van der Waals surface area contributed by atoms with Crippen molar-refractivity contribution in [1.82, 2.24) is 10.1 Å². The van der Waals surface area contributed by atoms with Crippen molar-refractivity contribution in [2.24, 2.45) is 0 Å². The van der Waals surface area contributed by atoms with E-state index in [-0.39, 0.29) is 12.0 Å². The third kappa shape index (κ3) is 4.80. The van der Waals surface area contributed by atoms with Crippen LogP contribution in [0.5, 0.6) is 5.75 Å². The highest BCUT2D eigenvalue weighted by Crippen LogP contribution is 2.34. The molecule has 5 rings (SSSR count). The number of aromatic nitrogens is 1. The van der Waals surface area contributed by atoms with E-state index >= 15 is 0 Å². The normalized spacial score (nSPS) is 17.8. The molecule has 2 saturated heterocycles. The van der Waals surface area contributed by atoms with Gasteiger partial charge in [0.25, 0.3) is 5.91 Å². The van der Waals surface area contributed by atoms with Crippen LogP contribution in [0.4, 0.5) is 5.88 Å². The monoisotopic (exact) mass is 461 g/mol. The number of hydrogen-bond acceptors (Lipinski definition) is 6. The topological polar surface area (TPSA) is 68.0 Å². The van der Waals surface area contributed by atoms with Crippen molar-refractivity contribution in [1.29, 1.82) is 0 Å². The zero-order chi connectivity index (χ0) is 23.3. The molecule has 0 saturated carbocycles. The van der Waals surface area contributed by atoms with E-state index in [0.29, 0.717) is 18.7 Å². The lowest BCUT2D eigenvalue weighted by molar-refractivity contribution is 0.0507. The molecule has 2 aliphatic rings. The van der Waals surface area contributed by atoms with Crippen LogP contribution in [0.3, 0.4) is 0 Å². The number of ether oxygens (including phenoxy) is 2. The Hall–Kier alpha value is -3.32. The van der Waals surface area contributed by atoms with Crippen LogP contribution >= 0.6 is 0 Å². The molecule has 0 spiro atoms. The number of nitrogens with zero attached hydrogens (tertiary/aromatic N) is 3. The molecule has 1 amide bonds. The van der Waals surface area contributed by atoms with Gasteiger partial charge in [0, 0.05) is 37.4 Å². The summed E-state index contributed by atoms with van der Waals surface area (Å²) < 4.78 is 17.1. The highest BCUT2D eigenvalue weighted by molar-refractivity contribution is 5.94. The Morgan fingerprint density at radius 3 is 2.53 bits per heavy atom. The van der Waals surface area contributed by atoms with E-state index in [2.05, 4.69) is 10.1 Å². The second-order valence-electron chi connectivity index (χ2n) is 8.92. The summed E-state index contributed by atoms with van der Waals surface area (Å²) in [5, 5.41) is 4.47. The van der Waals surface area contributed by atoms with Crippen LogP contribution in [-0.2, 0) is 11.3 Å². The van der Waals surface area contributed by atoms with Gasteiger partial charge in [-0.1, -0.05) is 35.5 Å². The Morgan fingerprint density at radius 2 is 1.85 bits per heavy atom. The van der Waals surface area contributed by atoms with E-state index in [4.69, 9.17) is 14.0 Å². The summed E-state index contributed by atoms with van der Waals surface area (Å²) in [6.07, 6.45) is 4.28. The van der Waals surface area contributed by atoms with Crippen molar-refractivity contribution in [3.63, 3.8) is 0 Å². The van der Waals surface area contributed by atoms with Crippen molar-refractivity contribution >= 4 is 11.8 Å². The molecule has 7 nitrogen and oxygen atoms in total. The predicted molar refractivity (Wildman–Crippen MR) is 130 cm³/mol. The average molecular weight is 462 g/mol. The van der Waals surface area contributed by atoms with Gasteiger partial charge in [0.15, 0.2) is 0 Å². The molecule has 34 heavy (non-hydrogen) atoms. The maximum Gasteiger partial charge on any atom is 0.254 e. The van der Waals surface area contributed by atoms with Gasteiger partial charge in [-0.05, 0) is 49.9 Å². The van der Waals surface area contributed by atoms with E-state index in [9.17, 15) is 4.79 Å². The standard InChI is InChI=1S/C27H31N3O4/c1-32-22-13-11-21(12-14-22)26(31)30(18-23-10-7-17-33-23)19-24-25(20-8-3-2-4-9-20)28-34-27(24)29-15-5-6-16-29/h2-4,8-9,11-14,23H,5-7,10,15-19H2,1H3/t23-/m0/s1. The smallest absolute Gasteiger partial charge is 0.254 e. The average Bonchev–Trinajstić information content (AvgIpc) is 3.66. The summed E-state index contributed by atoms with van der Waals surface area (Å²) in [5.74, 6) is 1.46. The molecular weight excluding hydrogens is 430 g/mol. The third-order valence-electron chi connectivity index (χ3n) is 6.63. The maximum absolute atomic E-state index is 13.7. The summed E-state index contributed by atoms with van der Waals surface area (Å²) in [6, 6.07) is 17.3. The van der Waals surface area contributed by atoms with Gasteiger partial charge in [-0.2, -0.15) is 0 Å². The van der Waals surface area contributed by atoms with Crippen molar-refractivity contribution in [2.75, 3.05) is 38.3 Å². The molecule has 3 aromatic rings. The summed E-state index contributed by atoms with van der Waals surface area (Å²) in [5.41, 5.74) is 3.36. The summed E-state index contributed by atoms with van der Waals surface area (Å²) in [6.45, 7) is 3.56. The molecular formula is C27H31N3O4. The van der Waals surface area contributed by atoms with Crippen LogP contribution in [-0.4, -0.2) is 55.4 Å². The number of amides is 1. The number of carbonyl (C=O) groups is 1. The highest BCUT2D eigenvalue weighted by atomic mass is 16.5. The molecule has 3 heterocycles. The molecule has 0 radical (unpaired) electrons. The first-order valence-corrected chi connectivity index (χ1v) is 12.1. The molecule has 2 aromatic carbocycles. The van der Waals surface area contributed by atoms with E-state index in [0.717, 1.165) is 73.8 Å². The van der Waals surface area contributed by atoms with E-state index in [1.54, 1.807) is 7.11 Å². The number of rotatable bonds is 8. The summed E-state index contributed by atoms with van der Waals surface area (Å²) >= 11 is 0. The summed E-state index contributed by atoms with van der Waals surface area (Å²) in [7, 11) is 1.62. The molecule has 7 heteroatoms. The molecule has 2 fully saturated rings. The lowest BCUT2D eigenvalue weighted by atomic mass is 10.1. The molecule has 0 bridgehead atoms. The van der Waals surface area contributed by atoms with Gasteiger partial charge in [-0.15, -0.1) is 0 Å². The van der Waals surface area contributed by atoms with Crippen molar-refractivity contribution < 1.29 is 18.8 Å². The second-order valence-corrected chi connectivity index (χ2v) is 8.92. The van der Waals surface area contributed by atoms with Crippen LogP contribution in [0.2, 0.25) is 0 Å². The van der Waals surface area contributed by atoms with Crippen LogP contribution < -0.4 is 9.64 Å². The largest absolute Gasteiger partial charge is 0.497 e. The fourth-order valence-corrected chi connectivity index (χ4v) is 4.80. The quantitative estimate of drug-likeness (QED) is 0.481. The van der Waals surface area contributed by atoms with Gasteiger partial charge in [0.05, 0.1) is 25.3 Å². The SMILES string of the molecule is COc1ccc(C(=O)N(Cc2c(-c3ccccc3)noc2N2CCCC2)C[C@@H]2CCCO2)cc1. The second kappa shape index (κ2) is 10.3. The van der Waals surface area contributed by atoms with Crippen molar-refractivity contribution in [3.05, 3.63) is 65.7 Å². The molecule has 178 valence electrons. The van der Waals surface area contributed by atoms with Crippen LogP contribution in [0.15, 0.2) is 59.1 Å². The van der Waals surface area contributed by atoms with Gasteiger partial charge in [0.2, 0.25) is 5.88 Å². The van der Waals surface area contributed by atoms with Gasteiger partial charge in [-0.3, -0.25) is 4.79 Å². The Labute approximate surface area is 200 Å². The molecule has 0 N–H and O–H groups in total. The van der Waals surface area contributed by atoms with Gasteiger partial charge >= 0.3 is 0 Å². The van der Waals surface area contributed by atoms with Crippen LogP contribution in [0.25, 0.3) is 11.3 Å². The minimum absolute atomic E-state index is 0.0364. The first-order valence-electron chi connectivity index (χ1n) is 12.1. The molecule has 1 aromatic heterocycles. The Kier molecular flexibility index (Phi) is 6.81. The lowest BCUT2D eigenvalue weighted by Crippen LogP contribution is -2.37. The Balaban J connectivity index is 1.50. The third-order valence-corrected chi connectivity index (χ3v) is 6.63. The fraction of sp³-hybridized carbons (Fsp3) is 0.407.